The number of likely N-dealkylation sites (tertiary alicyclic amines) is 1. The largest absolute Gasteiger partial charge is 0.481 e. The SMILES string of the molecule is N#C[C@@H]1CCCN1C(=O)CNC1CCC(CNC(=O)[C@H]2Nc3cccc(Cc4ccccc4)c3C2C(=O)O)C1. The highest BCUT2D eigenvalue weighted by molar-refractivity contribution is 5.97. The minimum Gasteiger partial charge on any atom is -0.481 e. The molecule has 3 aliphatic rings. The fourth-order valence-corrected chi connectivity index (χ4v) is 6.31. The van der Waals surface area contributed by atoms with E-state index in [1.165, 1.54) is 0 Å². The number of nitriles is 1. The molecule has 5 atom stereocenters. The summed E-state index contributed by atoms with van der Waals surface area (Å²) in [5.74, 6) is -2.08. The molecule has 2 aromatic carbocycles. The van der Waals surface area contributed by atoms with Gasteiger partial charge in [-0.1, -0.05) is 42.5 Å². The quantitative estimate of drug-likeness (QED) is 0.392. The molecule has 1 aliphatic carbocycles. The fraction of sp³-hybridized carbons (Fsp3) is 0.467. The van der Waals surface area contributed by atoms with E-state index in [9.17, 15) is 24.8 Å². The predicted octanol–water partition coefficient (Wildman–Crippen LogP) is 2.63. The van der Waals surface area contributed by atoms with E-state index in [0.29, 0.717) is 30.8 Å². The second-order valence-corrected chi connectivity index (χ2v) is 10.9. The van der Waals surface area contributed by atoms with Crippen molar-refractivity contribution in [3.8, 4) is 6.07 Å². The summed E-state index contributed by atoms with van der Waals surface area (Å²) in [6, 6.07) is 16.7. The predicted molar refractivity (Wildman–Crippen MR) is 146 cm³/mol. The van der Waals surface area contributed by atoms with Crippen LogP contribution >= 0.6 is 0 Å². The molecule has 0 bridgehead atoms. The summed E-state index contributed by atoms with van der Waals surface area (Å²) in [6.07, 6.45) is 4.86. The molecule has 3 unspecified atom stereocenters. The molecule has 2 aliphatic heterocycles. The summed E-state index contributed by atoms with van der Waals surface area (Å²) in [7, 11) is 0. The van der Waals surface area contributed by atoms with Gasteiger partial charge in [0, 0.05) is 24.8 Å². The number of benzene rings is 2. The average Bonchev–Trinajstić information content (AvgIpc) is 3.69. The van der Waals surface area contributed by atoms with Crippen LogP contribution in [0.3, 0.4) is 0 Å². The third-order valence-electron chi connectivity index (χ3n) is 8.31. The standard InChI is InChI=1S/C30H35N5O4/c31-16-23-9-5-13-35(23)25(36)18-32-22-12-11-20(15-22)17-33-29(37)28-27(30(38)39)26-21(8-4-10-24(26)34-28)14-19-6-2-1-3-7-19/h1-4,6-8,10,20,22-23,27-28,32,34H,5,9,11-15,17-18H2,(H,33,37)(H,38,39)/t20?,22?,23-,27?,28-/m0/s1. The van der Waals surface area contributed by atoms with Gasteiger partial charge in [0.05, 0.1) is 12.6 Å². The van der Waals surface area contributed by atoms with Gasteiger partial charge in [-0.2, -0.15) is 5.26 Å². The number of rotatable bonds is 9. The molecule has 2 amide bonds. The third kappa shape index (κ3) is 5.91. The Morgan fingerprint density at radius 3 is 2.67 bits per heavy atom. The van der Waals surface area contributed by atoms with Crippen molar-refractivity contribution in [3.05, 3.63) is 65.2 Å². The zero-order chi connectivity index (χ0) is 27.4. The van der Waals surface area contributed by atoms with E-state index in [-0.39, 0.29) is 36.4 Å². The number of carbonyl (C=O) groups excluding carboxylic acids is 2. The van der Waals surface area contributed by atoms with E-state index in [2.05, 4.69) is 22.0 Å². The summed E-state index contributed by atoms with van der Waals surface area (Å²) in [4.78, 5) is 39.8. The Balaban J connectivity index is 1.14. The van der Waals surface area contributed by atoms with E-state index in [0.717, 1.165) is 43.2 Å². The summed E-state index contributed by atoms with van der Waals surface area (Å²) in [5.41, 5.74) is 3.37. The first-order chi connectivity index (χ1) is 18.9. The van der Waals surface area contributed by atoms with Gasteiger partial charge in [-0.25, -0.2) is 0 Å². The Bertz CT molecular complexity index is 1260. The highest BCUT2D eigenvalue weighted by atomic mass is 16.4. The molecule has 2 fully saturated rings. The Morgan fingerprint density at radius 2 is 1.90 bits per heavy atom. The molecule has 4 N–H and O–H groups in total. The van der Waals surface area contributed by atoms with Gasteiger partial charge in [0.1, 0.15) is 18.0 Å². The lowest BCUT2D eigenvalue weighted by molar-refractivity contribution is -0.141. The van der Waals surface area contributed by atoms with Crippen molar-refractivity contribution < 1.29 is 19.5 Å². The van der Waals surface area contributed by atoms with E-state index >= 15 is 0 Å². The van der Waals surface area contributed by atoms with Crippen LogP contribution in [0.2, 0.25) is 0 Å². The van der Waals surface area contributed by atoms with Gasteiger partial charge in [-0.05, 0) is 67.2 Å². The van der Waals surface area contributed by atoms with Crippen LogP contribution in [0.25, 0.3) is 0 Å². The number of fused-ring (bicyclic) bond motifs is 1. The number of aliphatic carboxylic acids is 1. The lowest BCUT2D eigenvalue weighted by Crippen LogP contribution is -2.44. The van der Waals surface area contributed by atoms with Crippen LogP contribution in [0, 0.1) is 17.2 Å². The summed E-state index contributed by atoms with van der Waals surface area (Å²) >= 11 is 0. The number of amides is 2. The van der Waals surface area contributed by atoms with Crippen molar-refractivity contribution in [1.29, 1.82) is 5.26 Å². The van der Waals surface area contributed by atoms with Gasteiger partial charge in [-0.3, -0.25) is 14.4 Å². The minimum atomic E-state index is -1.02. The Hall–Kier alpha value is -3.90. The van der Waals surface area contributed by atoms with Crippen LogP contribution in [0.5, 0.6) is 0 Å². The maximum absolute atomic E-state index is 13.2. The maximum Gasteiger partial charge on any atom is 0.313 e. The molecule has 0 spiro atoms. The molecule has 1 saturated carbocycles. The topological polar surface area (TPSA) is 135 Å². The maximum atomic E-state index is 13.2. The van der Waals surface area contributed by atoms with Gasteiger partial charge in [0.25, 0.3) is 0 Å². The highest BCUT2D eigenvalue weighted by Gasteiger charge is 2.43. The molecule has 0 radical (unpaired) electrons. The van der Waals surface area contributed by atoms with Crippen molar-refractivity contribution in [1.82, 2.24) is 15.5 Å². The number of nitrogens with one attached hydrogen (secondary N) is 3. The molecular formula is C30H35N5O4. The van der Waals surface area contributed by atoms with E-state index < -0.39 is 17.9 Å². The van der Waals surface area contributed by atoms with E-state index in [1.54, 1.807) is 4.90 Å². The number of anilines is 1. The normalized spacial score (nSPS) is 25.5. The molecule has 1 saturated heterocycles. The van der Waals surface area contributed by atoms with Crippen molar-refractivity contribution in [2.45, 2.75) is 62.6 Å². The van der Waals surface area contributed by atoms with Crippen LogP contribution in [-0.2, 0) is 20.8 Å². The first-order valence-corrected chi connectivity index (χ1v) is 13.8. The third-order valence-corrected chi connectivity index (χ3v) is 8.31. The monoisotopic (exact) mass is 529 g/mol. The number of nitrogens with zero attached hydrogens (tertiary/aromatic N) is 2. The first-order valence-electron chi connectivity index (χ1n) is 13.8. The molecule has 2 heterocycles. The van der Waals surface area contributed by atoms with Crippen LogP contribution in [0.1, 0.15) is 54.7 Å². The van der Waals surface area contributed by atoms with Crippen LogP contribution < -0.4 is 16.0 Å². The van der Waals surface area contributed by atoms with Crippen LogP contribution in [0.4, 0.5) is 5.69 Å². The van der Waals surface area contributed by atoms with E-state index in [4.69, 9.17) is 0 Å². The second-order valence-electron chi connectivity index (χ2n) is 10.9. The number of hydrogen-bond acceptors (Lipinski definition) is 6. The molecule has 5 rings (SSSR count). The zero-order valence-corrected chi connectivity index (χ0v) is 21.9. The zero-order valence-electron chi connectivity index (χ0n) is 21.9. The Labute approximate surface area is 228 Å². The minimum absolute atomic E-state index is 0.0333. The first kappa shape index (κ1) is 26.7. The lowest BCUT2D eigenvalue weighted by Gasteiger charge is -2.21. The van der Waals surface area contributed by atoms with Crippen molar-refractivity contribution in [3.63, 3.8) is 0 Å². The number of hydrogen-bond donors (Lipinski definition) is 4. The van der Waals surface area contributed by atoms with Gasteiger partial charge in [0.2, 0.25) is 11.8 Å². The smallest absolute Gasteiger partial charge is 0.313 e. The molecule has 0 aromatic heterocycles. The number of carboxylic acid groups (broad SMARTS) is 1. The number of carboxylic acids is 1. The fourth-order valence-electron chi connectivity index (χ4n) is 6.31. The summed E-state index contributed by atoms with van der Waals surface area (Å²) in [6.45, 7) is 1.32. The summed E-state index contributed by atoms with van der Waals surface area (Å²) in [5, 5.41) is 28.8. The van der Waals surface area contributed by atoms with Crippen molar-refractivity contribution in [2.75, 3.05) is 25.0 Å². The van der Waals surface area contributed by atoms with Gasteiger partial charge in [-0.15, -0.1) is 0 Å². The molecule has 2 aromatic rings. The van der Waals surface area contributed by atoms with Gasteiger partial charge in [0.15, 0.2) is 0 Å². The molecule has 9 nitrogen and oxygen atoms in total. The van der Waals surface area contributed by atoms with Gasteiger partial charge < -0.3 is 26.0 Å². The Morgan fingerprint density at radius 1 is 1.08 bits per heavy atom. The summed E-state index contributed by atoms with van der Waals surface area (Å²) < 4.78 is 0. The van der Waals surface area contributed by atoms with Crippen LogP contribution in [0.15, 0.2) is 48.5 Å². The average molecular weight is 530 g/mol. The number of carbonyl (C=O) groups is 3. The van der Waals surface area contributed by atoms with Crippen molar-refractivity contribution >= 4 is 23.5 Å². The van der Waals surface area contributed by atoms with Gasteiger partial charge >= 0.3 is 5.97 Å². The molecule has 204 valence electrons. The second kappa shape index (κ2) is 11.9. The lowest BCUT2D eigenvalue weighted by atomic mass is 9.88. The van der Waals surface area contributed by atoms with Crippen molar-refractivity contribution in [2.24, 2.45) is 5.92 Å². The molecule has 39 heavy (non-hydrogen) atoms. The molecule has 9 heteroatoms. The highest BCUT2D eigenvalue weighted by Crippen LogP contribution is 2.39. The Kier molecular flexibility index (Phi) is 8.13. The molecular weight excluding hydrogens is 494 g/mol. The van der Waals surface area contributed by atoms with E-state index in [1.807, 2.05) is 48.5 Å². The van der Waals surface area contributed by atoms with Crippen LogP contribution in [-0.4, -0.2) is 65.5 Å².